The summed E-state index contributed by atoms with van der Waals surface area (Å²) in [6, 6.07) is 8.70. The molecule has 5 nitrogen and oxygen atoms in total. The Balaban J connectivity index is 1.47. The third-order valence-electron chi connectivity index (χ3n) is 4.88. The van der Waals surface area contributed by atoms with Gasteiger partial charge in [0.1, 0.15) is 0 Å². The molecule has 0 amide bonds. The summed E-state index contributed by atoms with van der Waals surface area (Å²) in [5.41, 5.74) is 1.23. The predicted octanol–water partition coefficient (Wildman–Crippen LogP) is 4.34. The maximum Gasteiger partial charge on any atom is 0.243 e. The van der Waals surface area contributed by atoms with Gasteiger partial charge >= 0.3 is 0 Å². The van der Waals surface area contributed by atoms with Crippen LogP contribution in [-0.4, -0.2) is 34.2 Å². The molecule has 3 rings (SSSR count). The van der Waals surface area contributed by atoms with Crippen LogP contribution in [0.1, 0.15) is 63.9 Å². The van der Waals surface area contributed by atoms with Gasteiger partial charge in [0.05, 0.1) is 6.04 Å². The fourth-order valence-electron chi connectivity index (χ4n) is 3.25. The van der Waals surface area contributed by atoms with E-state index in [0.717, 1.165) is 43.3 Å². The fourth-order valence-corrected chi connectivity index (χ4v) is 3.37. The number of hydrogen-bond acceptors (Lipinski definition) is 5. The number of halogens is 1. The van der Waals surface area contributed by atoms with Crippen LogP contribution in [0.3, 0.4) is 0 Å². The average Bonchev–Trinajstić information content (AvgIpc) is 3.09. The first-order valence-electron chi connectivity index (χ1n) is 9.38. The first-order chi connectivity index (χ1) is 12.3. The Bertz CT molecular complexity index is 699. The van der Waals surface area contributed by atoms with E-state index >= 15 is 0 Å². The molecule has 2 heterocycles. The standard InChI is InChI=1S/C20H29ClN4O/c1-14(18-23-19(24-26-18)20(2,3)4)22-17-9-11-25(12-10-17)13-15-5-7-16(21)8-6-15/h5-8,14,17,22H,9-13H2,1-4H3. The highest BCUT2D eigenvalue weighted by Crippen LogP contribution is 2.22. The molecule has 0 aliphatic carbocycles. The lowest BCUT2D eigenvalue weighted by atomic mass is 9.96. The Morgan fingerprint density at radius 1 is 1.23 bits per heavy atom. The second-order valence-corrected chi connectivity index (χ2v) is 8.71. The molecular formula is C20H29ClN4O. The van der Waals surface area contributed by atoms with Gasteiger partial charge in [0.25, 0.3) is 0 Å². The molecule has 1 atom stereocenters. The van der Waals surface area contributed by atoms with E-state index in [1.54, 1.807) is 0 Å². The van der Waals surface area contributed by atoms with Crippen molar-refractivity contribution in [1.29, 1.82) is 0 Å². The maximum absolute atomic E-state index is 5.96. The lowest BCUT2D eigenvalue weighted by Gasteiger charge is -2.33. The summed E-state index contributed by atoms with van der Waals surface area (Å²) in [5.74, 6) is 1.44. The molecule has 1 aromatic carbocycles. The molecule has 6 heteroatoms. The van der Waals surface area contributed by atoms with Crippen LogP contribution < -0.4 is 5.32 Å². The summed E-state index contributed by atoms with van der Waals surface area (Å²) in [4.78, 5) is 7.06. The zero-order valence-corrected chi connectivity index (χ0v) is 16.9. The third-order valence-corrected chi connectivity index (χ3v) is 5.13. The molecule has 142 valence electrons. The van der Waals surface area contributed by atoms with Gasteiger partial charge in [-0.15, -0.1) is 0 Å². The topological polar surface area (TPSA) is 54.2 Å². The Morgan fingerprint density at radius 3 is 2.46 bits per heavy atom. The number of rotatable bonds is 5. The molecule has 1 N–H and O–H groups in total. The molecule has 1 aromatic heterocycles. The van der Waals surface area contributed by atoms with E-state index < -0.39 is 0 Å². The van der Waals surface area contributed by atoms with Crippen molar-refractivity contribution in [1.82, 2.24) is 20.4 Å². The van der Waals surface area contributed by atoms with Crippen molar-refractivity contribution in [3.8, 4) is 0 Å². The van der Waals surface area contributed by atoms with E-state index in [0.29, 0.717) is 11.9 Å². The van der Waals surface area contributed by atoms with Gasteiger partial charge in [0.2, 0.25) is 5.89 Å². The number of hydrogen-bond donors (Lipinski definition) is 1. The SMILES string of the molecule is CC(NC1CCN(Cc2ccc(Cl)cc2)CC1)c1nc(C(C)(C)C)no1. The number of benzene rings is 1. The van der Waals surface area contributed by atoms with Crippen LogP contribution in [0.2, 0.25) is 5.02 Å². The second-order valence-electron chi connectivity index (χ2n) is 8.27. The van der Waals surface area contributed by atoms with E-state index in [9.17, 15) is 0 Å². The van der Waals surface area contributed by atoms with Crippen molar-refractivity contribution < 1.29 is 4.52 Å². The van der Waals surface area contributed by atoms with Crippen molar-refractivity contribution >= 4 is 11.6 Å². The molecule has 1 saturated heterocycles. The van der Waals surface area contributed by atoms with Gasteiger partial charge < -0.3 is 9.84 Å². The van der Waals surface area contributed by atoms with Gasteiger partial charge in [-0.3, -0.25) is 4.90 Å². The molecule has 26 heavy (non-hydrogen) atoms. The summed E-state index contributed by atoms with van der Waals surface area (Å²) in [6.45, 7) is 11.5. The van der Waals surface area contributed by atoms with Crippen LogP contribution in [-0.2, 0) is 12.0 Å². The largest absolute Gasteiger partial charge is 0.338 e. The summed E-state index contributed by atoms with van der Waals surface area (Å²) < 4.78 is 5.46. The van der Waals surface area contributed by atoms with E-state index in [4.69, 9.17) is 16.1 Å². The number of aromatic nitrogens is 2. The quantitative estimate of drug-likeness (QED) is 0.841. The molecular weight excluding hydrogens is 348 g/mol. The van der Waals surface area contributed by atoms with E-state index in [2.05, 4.69) is 60.2 Å². The van der Waals surface area contributed by atoms with Gasteiger partial charge in [-0.1, -0.05) is 49.7 Å². The van der Waals surface area contributed by atoms with Gasteiger partial charge in [0, 0.05) is 23.0 Å². The molecule has 0 saturated carbocycles. The lowest BCUT2D eigenvalue weighted by molar-refractivity contribution is 0.180. The average molecular weight is 377 g/mol. The zero-order chi connectivity index (χ0) is 18.7. The van der Waals surface area contributed by atoms with Crippen LogP contribution in [0.15, 0.2) is 28.8 Å². The molecule has 1 unspecified atom stereocenters. The van der Waals surface area contributed by atoms with Gasteiger partial charge in [0.15, 0.2) is 5.82 Å². The smallest absolute Gasteiger partial charge is 0.243 e. The highest BCUT2D eigenvalue weighted by Gasteiger charge is 2.26. The molecule has 1 aliphatic heterocycles. The lowest BCUT2D eigenvalue weighted by Crippen LogP contribution is -2.43. The second kappa shape index (κ2) is 8.07. The first kappa shape index (κ1) is 19.3. The molecule has 0 radical (unpaired) electrons. The van der Waals surface area contributed by atoms with Crippen molar-refractivity contribution in [2.24, 2.45) is 0 Å². The number of nitrogens with zero attached hydrogens (tertiary/aromatic N) is 3. The summed E-state index contributed by atoms with van der Waals surface area (Å²) in [6.07, 6.45) is 2.25. The summed E-state index contributed by atoms with van der Waals surface area (Å²) in [7, 11) is 0. The van der Waals surface area contributed by atoms with Gasteiger partial charge in [-0.2, -0.15) is 4.98 Å². The van der Waals surface area contributed by atoms with E-state index in [1.807, 2.05) is 12.1 Å². The molecule has 1 aliphatic rings. The molecule has 1 fully saturated rings. The predicted molar refractivity (Wildman–Crippen MR) is 104 cm³/mol. The molecule has 0 spiro atoms. The van der Waals surface area contributed by atoms with Crippen LogP contribution >= 0.6 is 11.6 Å². The zero-order valence-electron chi connectivity index (χ0n) is 16.1. The Labute approximate surface area is 161 Å². The Morgan fingerprint density at radius 2 is 1.88 bits per heavy atom. The van der Waals surface area contributed by atoms with Crippen LogP contribution in [0.25, 0.3) is 0 Å². The van der Waals surface area contributed by atoms with E-state index in [-0.39, 0.29) is 11.5 Å². The van der Waals surface area contributed by atoms with Crippen molar-refractivity contribution in [3.05, 3.63) is 46.6 Å². The van der Waals surface area contributed by atoms with E-state index in [1.165, 1.54) is 5.56 Å². The van der Waals surface area contributed by atoms with Crippen LogP contribution in [0, 0.1) is 0 Å². The maximum atomic E-state index is 5.96. The Kier molecular flexibility index (Phi) is 6.00. The molecule has 2 aromatic rings. The fraction of sp³-hybridized carbons (Fsp3) is 0.600. The Hall–Kier alpha value is -1.43. The number of nitrogens with one attached hydrogen (secondary N) is 1. The number of likely N-dealkylation sites (tertiary alicyclic amines) is 1. The van der Waals surface area contributed by atoms with Crippen LogP contribution in [0.4, 0.5) is 0 Å². The molecule has 0 bridgehead atoms. The normalized spacial score (nSPS) is 18.2. The monoisotopic (exact) mass is 376 g/mol. The van der Waals surface area contributed by atoms with Crippen molar-refractivity contribution in [2.75, 3.05) is 13.1 Å². The van der Waals surface area contributed by atoms with Gasteiger partial charge in [-0.05, 0) is 50.6 Å². The highest BCUT2D eigenvalue weighted by molar-refractivity contribution is 6.30. The third kappa shape index (κ3) is 5.06. The summed E-state index contributed by atoms with van der Waals surface area (Å²) >= 11 is 5.96. The van der Waals surface area contributed by atoms with Crippen molar-refractivity contribution in [3.63, 3.8) is 0 Å². The van der Waals surface area contributed by atoms with Crippen LogP contribution in [0.5, 0.6) is 0 Å². The minimum Gasteiger partial charge on any atom is -0.338 e. The highest BCUT2D eigenvalue weighted by atomic mass is 35.5. The van der Waals surface area contributed by atoms with Crippen molar-refractivity contribution in [2.45, 2.75) is 64.6 Å². The van der Waals surface area contributed by atoms with Gasteiger partial charge in [-0.25, -0.2) is 0 Å². The summed E-state index contributed by atoms with van der Waals surface area (Å²) in [5, 5.41) is 8.57. The first-order valence-corrected chi connectivity index (χ1v) is 9.76. The minimum absolute atomic E-state index is 0.0754. The number of piperidine rings is 1. The minimum atomic E-state index is -0.0888.